The minimum atomic E-state index is -1.27. The number of ether oxygens (including phenoxy) is 2. The molecule has 0 amide bonds. The van der Waals surface area contributed by atoms with E-state index in [1.54, 1.807) is 6.92 Å². The molecule has 0 unspecified atom stereocenters. The molecular weight excluding hydrogens is 200 g/mol. The van der Waals surface area contributed by atoms with Gasteiger partial charge in [0, 0.05) is 6.92 Å². The first-order valence-electron chi connectivity index (χ1n) is 4.66. The summed E-state index contributed by atoms with van der Waals surface area (Å²) in [4.78, 5) is 33.4. The zero-order chi connectivity index (χ0) is 12.1. The van der Waals surface area contributed by atoms with Crippen molar-refractivity contribution in [3.63, 3.8) is 0 Å². The van der Waals surface area contributed by atoms with Crippen LogP contribution in [-0.4, -0.2) is 30.9 Å². The first kappa shape index (κ1) is 13.6. The molecular formula is C10H16O5. The van der Waals surface area contributed by atoms with Crippen molar-refractivity contribution in [2.75, 3.05) is 13.2 Å². The standard InChI is InChI=1S/C10H16O5/c1-5-14-9(13)10(3,4)8(12)6-15-7(2)11/h5-6H2,1-4H3. The average Bonchev–Trinajstić information content (AvgIpc) is 2.14. The third kappa shape index (κ3) is 4.10. The van der Waals surface area contributed by atoms with Gasteiger partial charge in [-0.2, -0.15) is 0 Å². The second-order valence-corrected chi connectivity index (χ2v) is 3.55. The van der Waals surface area contributed by atoms with E-state index in [1.165, 1.54) is 20.8 Å². The van der Waals surface area contributed by atoms with Gasteiger partial charge in [-0.3, -0.25) is 14.4 Å². The molecule has 5 heteroatoms. The van der Waals surface area contributed by atoms with E-state index in [1.807, 2.05) is 0 Å². The molecule has 5 nitrogen and oxygen atoms in total. The number of ketones is 1. The first-order chi connectivity index (χ1) is 6.82. The molecule has 0 atom stereocenters. The van der Waals surface area contributed by atoms with Crippen molar-refractivity contribution in [3.8, 4) is 0 Å². The maximum absolute atomic E-state index is 11.5. The van der Waals surface area contributed by atoms with E-state index in [0.717, 1.165) is 0 Å². The second kappa shape index (κ2) is 5.48. The van der Waals surface area contributed by atoms with Crippen LogP contribution in [0.15, 0.2) is 0 Å². The van der Waals surface area contributed by atoms with E-state index in [2.05, 4.69) is 4.74 Å². The van der Waals surface area contributed by atoms with Crippen LogP contribution in [0, 0.1) is 5.41 Å². The van der Waals surface area contributed by atoms with Crippen LogP contribution in [0.2, 0.25) is 0 Å². The number of carbonyl (C=O) groups is 3. The molecule has 0 heterocycles. The monoisotopic (exact) mass is 216 g/mol. The minimum Gasteiger partial charge on any atom is -0.465 e. The highest BCUT2D eigenvalue weighted by Gasteiger charge is 2.37. The van der Waals surface area contributed by atoms with Gasteiger partial charge in [0.25, 0.3) is 0 Å². The van der Waals surface area contributed by atoms with Crippen molar-refractivity contribution in [2.45, 2.75) is 27.7 Å². The molecule has 0 fully saturated rings. The number of rotatable bonds is 5. The van der Waals surface area contributed by atoms with Crippen LogP contribution >= 0.6 is 0 Å². The smallest absolute Gasteiger partial charge is 0.319 e. The molecule has 0 N–H and O–H groups in total. The SMILES string of the molecule is CCOC(=O)C(C)(C)C(=O)COC(C)=O. The Kier molecular flexibility index (Phi) is 4.97. The van der Waals surface area contributed by atoms with Gasteiger partial charge in [-0.25, -0.2) is 0 Å². The lowest BCUT2D eigenvalue weighted by atomic mass is 9.88. The van der Waals surface area contributed by atoms with E-state index in [0.29, 0.717) is 0 Å². The Hall–Kier alpha value is -1.39. The summed E-state index contributed by atoms with van der Waals surface area (Å²) in [6, 6.07) is 0. The van der Waals surface area contributed by atoms with Crippen molar-refractivity contribution < 1.29 is 23.9 Å². The van der Waals surface area contributed by atoms with E-state index >= 15 is 0 Å². The maximum atomic E-state index is 11.5. The van der Waals surface area contributed by atoms with E-state index in [-0.39, 0.29) is 6.61 Å². The maximum Gasteiger partial charge on any atom is 0.319 e. The number of hydrogen-bond donors (Lipinski definition) is 0. The van der Waals surface area contributed by atoms with Crippen molar-refractivity contribution >= 4 is 17.7 Å². The Morgan fingerprint density at radius 2 is 1.67 bits per heavy atom. The summed E-state index contributed by atoms with van der Waals surface area (Å²) in [6.45, 7) is 5.55. The Morgan fingerprint density at radius 3 is 2.07 bits per heavy atom. The van der Waals surface area contributed by atoms with Gasteiger partial charge in [-0.1, -0.05) is 0 Å². The Bertz CT molecular complexity index is 267. The summed E-state index contributed by atoms with van der Waals surface area (Å²) in [5, 5.41) is 0. The molecule has 86 valence electrons. The fraction of sp³-hybridized carbons (Fsp3) is 0.700. The number of carbonyl (C=O) groups excluding carboxylic acids is 3. The predicted octanol–water partition coefficient (Wildman–Crippen LogP) is 0.708. The molecule has 15 heavy (non-hydrogen) atoms. The summed E-state index contributed by atoms with van der Waals surface area (Å²) in [5.74, 6) is -1.64. The molecule has 0 rings (SSSR count). The predicted molar refractivity (Wildman–Crippen MR) is 52.1 cm³/mol. The van der Waals surface area contributed by atoms with Gasteiger partial charge in [0.15, 0.2) is 12.4 Å². The lowest BCUT2D eigenvalue weighted by Gasteiger charge is -2.20. The van der Waals surface area contributed by atoms with E-state index < -0.39 is 29.7 Å². The van der Waals surface area contributed by atoms with Crippen molar-refractivity contribution in [2.24, 2.45) is 5.41 Å². The summed E-state index contributed by atoms with van der Waals surface area (Å²) >= 11 is 0. The molecule has 0 bridgehead atoms. The number of esters is 2. The van der Waals surface area contributed by atoms with Gasteiger partial charge >= 0.3 is 11.9 Å². The molecule has 0 aliphatic rings. The van der Waals surface area contributed by atoms with Crippen molar-refractivity contribution in [3.05, 3.63) is 0 Å². The van der Waals surface area contributed by atoms with Crippen molar-refractivity contribution in [1.82, 2.24) is 0 Å². The quantitative estimate of drug-likeness (QED) is 0.500. The van der Waals surface area contributed by atoms with Crippen molar-refractivity contribution in [1.29, 1.82) is 0 Å². The van der Waals surface area contributed by atoms with Gasteiger partial charge in [-0.15, -0.1) is 0 Å². The topological polar surface area (TPSA) is 69.7 Å². The zero-order valence-electron chi connectivity index (χ0n) is 9.46. The van der Waals surface area contributed by atoms with Gasteiger partial charge in [0.05, 0.1) is 6.61 Å². The van der Waals surface area contributed by atoms with Crippen LogP contribution in [0.25, 0.3) is 0 Å². The Labute approximate surface area is 88.7 Å². The highest BCUT2D eigenvalue weighted by atomic mass is 16.5. The zero-order valence-corrected chi connectivity index (χ0v) is 9.46. The lowest BCUT2D eigenvalue weighted by molar-refractivity contribution is -0.161. The van der Waals surface area contributed by atoms with Crippen LogP contribution in [0.5, 0.6) is 0 Å². The molecule has 0 aromatic carbocycles. The van der Waals surface area contributed by atoms with Crippen LogP contribution < -0.4 is 0 Å². The Balaban J connectivity index is 4.37. The van der Waals surface area contributed by atoms with Gasteiger partial charge in [0.2, 0.25) is 0 Å². The molecule has 0 aliphatic heterocycles. The van der Waals surface area contributed by atoms with Gasteiger partial charge in [-0.05, 0) is 20.8 Å². The molecule has 0 radical (unpaired) electrons. The second-order valence-electron chi connectivity index (χ2n) is 3.55. The van der Waals surface area contributed by atoms with Gasteiger partial charge in [0.1, 0.15) is 5.41 Å². The highest BCUT2D eigenvalue weighted by molar-refractivity contribution is 6.03. The number of hydrogen-bond acceptors (Lipinski definition) is 5. The van der Waals surface area contributed by atoms with Crippen LogP contribution in [0.4, 0.5) is 0 Å². The van der Waals surface area contributed by atoms with E-state index in [9.17, 15) is 14.4 Å². The molecule has 0 saturated carbocycles. The largest absolute Gasteiger partial charge is 0.465 e. The van der Waals surface area contributed by atoms with Crippen LogP contribution in [0.1, 0.15) is 27.7 Å². The molecule has 0 spiro atoms. The normalized spacial score (nSPS) is 10.7. The fourth-order valence-electron chi connectivity index (χ4n) is 0.773. The average molecular weight is 216 g/mol. The summed E-state index contributed by atoms with van der Waals surface area (Å²) in [6.07, 6.45) is 0. The van der Waals surface area contributed by atoms with Gasteiger partial charge < -0.3 is 9.47 Å². The molecule has 0 aliphatic carbocycles. The number of Topliss-reactive ketones (excluding diaryl/α,β-unsaturated/α-hetero) is 1. The first-order valence-corrected chi connectivity index (χ1v) is 4.66. The highest BCUT2D eigenvalue weighted by Crippen LogP contribution is 2.19. The summed E-state index contributed by atoms with van der Waals surface area (Å²) in [7, 11) is 0. The molecule has 0 aromatic rings. The lowest BCUT2D eigenvalue weighted by Crippen LogP contribution is -2.37. The third-order valence-electron chi connectivity index (χ3n) is 1.89. The third-order valence-corrected chi connectivity index (χ3v) is 1.89. The fourth-order valence-corrected chi connectivity index (χ4v) is 0.773. The summed E-state index contributed by atoms with van der Waals surface area (Å²) < 4.78 is 9.26. The van der Waals surface area contributed by atoms with Crippen LogP contribution in [0.3, 0.4) is 0 Å². The summed E-state index contributed by atoms with van der Waals surface area (Å²) in [5.41, 5.74) is -1.27. The molecule has 0 aromatic heterocycles. The minimum absolute atomic E-state index is 0.211. The van der Waals surface area contributed by atoms with E-state index in [4.69, 9.17) is 4.74 Å². The van der Waals surface area contributed by atoms with Crippen LogP contribution in [-0.2, 0) is 23.9 Å². The molecule has 0 saturated heterocycles. The Morgan fingerprint density at radius 1 is 1.13 bits per heavy atom.